The molecule has 2 aromatic rings. The summed E-state index contributed by atoms with van der Waals surface area (Å²) in [6, 6.07) is 6.94. The summed E-state index contributed by atoms with van der Waals surface area (Å²) in [5.41, 5.74) is 2.18. The Kier molecular flexibility index (Phi) is 4.29. The largest absolute Gasteiger partial charge is 0.472 e. The molecule has 1 aromatic carbocycles. The van der Waals surface area contributed by atoms with Crippen LogP contribution in [0.3, 0.4) is 0 Å². The molecular weight excluding hydrogens is 280 g/mol. The van der Waals surface area contributed by atoms with E-state index in [0.29, 0.717) is 10.4 Å². The van der Waals surface area contributed by atoms with Crippen LogP contribution in [0.5, 0.6) is 5.88 Å². The van der Waals surface area contributed by atoms with Crippen molar-refractivity contribution in [3.05, 3.63) is 47.2 Å². The van der Waals surface area contributed by atoms with Gasteiger partial charge in [-0.25, -0.2) is 0 Å². The molecule has 0 bridgehead atoms. The van der Waals surface area contributed by atoms with Gasteiger partial charge in [0.05, 0.1) is 6.20 Å². The molecule has 0 aliphatic rings. The Balaban J connectivity index is 2.30. The minimum absolute atomic E-state index is 0.166. The van der Waals surface area contributed by atoms with E-state index in [4.69, 9.17) is 21.5 Å². The van der Waals surface area contributed by atoms with Gasteiger partial charge in [0.1, 0.15) is 6.61 Å². The van der Waals surface area contributed by atoms with Crippen LogP contribution >= 0.6 is 11.6 Å². The summed E-state index contributed by atoms with van der Waals surface area (Å²) in [5.74, 6) is 0.513. The normalized spacial score (nSPS) is 10.8. The molecule has 2 rings (SSSR count). The van der Waals surface area contributed by atoms with Crippen molar-refractivity contribution in [2.45, 2.75) is 26.4 Å². The van der Waals surface area contributed by atoms with Gasteiger partial charge in [0.25, 0.3) is 5.24 Å². The standard InChI is InChI=1S/C14H15ClN2O3/c1-9(2)10-4-3-5-11(14(15)18)12(10)8-20-13-6-7-17(19)16-13/h3-7,9,19H,8H2,1-2H3. The highest BCUT2D eigenvalue weighted by molar-refractivity contribution is 6.67. The van der Waals surface area contributed by atoms with E-state index < -0.39 is 5.24 Å². The highest BCUT2D eigenvalue weighted by atomic mass is 35.5. The zero-order valence-electron chi connectivity index (χ0n) is 11.2. The summed E-state index contributed by atoms with van der Waals surface area (Å²) in [5, 5.41) is 12.3. The molecule has 1 N–H and O–H groups in total. The van der Waals surface area contributed by atoms with Crippen molar-refractivity contribution in [3.8, 4) is 5.88 Å². The van der Waals surface area contributed by atoms with Gasteiger partial charge in [0, 0.05) is 17.2 Å². The predicted molar refractivity (Wildman–Crippen MR) is 74.5 cm³/mol. The molecule has 1 aromatic heterocycles. The van der Waals surface area contributed by atoms with Gasteiger partial charge in [0.2, 0.25) is 5.88 Å². The molecule has 106 valence electrons. The fourth-order valence-corrected chi connectivity index (χ4v) is 2.19. The van der Waals surface area contributed by atoms with Crippen LogP contribution in [-0.4, -0.2) is 20.4 Å². The van der Waals surface area contributed by atoms with Crippen LogP contribution in [-0.2, 0) is 6.61 Å². The number of carbonyl (C=O) groups excluding carboxylic acids is 1. The van der Waals surface area contributed by atoms with E-state index in [1.807, 2.05) is 19.9 Å². The summed E-state index contributed by atoms with van der Waals surface area (Å²) in [6.07, 6.45) is 1.36. The van der Waals surface area contributed by atoms with Crippen LogP contribution < -0.4 is 4.74 Å². The van der Waals surface area contributed by atoms with Gasteiger partial charge in [-0.05, 0) is 29.1 Å². The van der Waals surface area contributed by atoms with E-state index in [-0.39, 0.29) is 18.4 Å². The van der Waals surface area contributed by atoms with Crippen molar-refractivity contribution in [1.82, 2.24) is 9.94 Å². The van der Waals surface area contributed by atoms with E-state index in [1.165, 1.54) is 12.3 Å². The number of rotatable bonds is 5. The first kappa shape index (κ1) is 14.4. The van der Waals surface area contributed by atoms with Gasteiger partial charge in [0.15, 0.2) is 0 Å². The zero-order chi connectivity index (χ0) is 14.7. The highest BCUT2D eigenvalue weighted by Gasteiger charge is 2.16. The lowest BCUT2D eigenvalue weighted by Crippen LogP contribution is -2.08. The fourth-order valence-electron chi connectivity index (χ4n) is 2.01. The second-order valence-corrected chi connectivity index (χ2v) is 5.01. The molecule has 0 amide bonds. The lowest BCUT2D eigenvalue weighted by molar-refractivity contribution is 0.107. The summed E-state index contributed by atoms with van der Waals surface area (Å²) in [7, 11) is 0. The molecule has 6 heteroatoms. The lowest BCUT2D eigenvalue weighted by Gasteiger charge is -2.15. The number of benzene rings is 1. The minimum Gasteiger partial charge on any atom is -0.472 e. The number of hydrogen-bond acceptors (Lipinski definition) is 4. The number of halogens is 1. The monoisotopic (exact) mass is 294 g/mol. The summed E-state index contributed by atoms with van der Waals surface area (Å²) >= 11 is 5.62. The molecule has 1 heterocycles. The average Bonchev–Trinajstić information content (AvgIpc) is 2.81. The number of nitrogens with zero attached hydrogens (tertiary/aromatic N) is 2. The first-order valence-corrected chi connectivity index (χ1v) is 6.56. The first-order valence-electron chi connectivity index (χ1n) is 6.18. The van der Waals surface area contributed by atoms with Crippen molar-refractivity contribution in [1.29, 1.82) is 0 Å². The van der Waals surface area contributed by atoms with Crippen LogP contribution in [0.2, 0.25) is 0 Å². The fraction of sp³-hybridized carbons (Fsp3) is 0.286. The molecule has 0 saturated carbocycles. The van der Waals surface area contributed by atoms with Gasteiger partial charge < -0.3 is 9.94 Å². The Labute approximate surface area is 121 Å². The zero-order valence-corrected chi connectivity index (χ0v) is 12.0. The summed E-state index contributed by atoms with van der Waals surface area (Å²) in [6.45, 7) is 4.23. The van der Waals surface area contributed by atoms with Crippen LogP contribution in [0.4, 0.5) is 0 Å². The van der Waals surface area contributed by atoms with Crippen LogP contribution in [0.15, 0.2) is 30.5 Å². The molecule has 20 heavy (non-hydrogen) atoms. The van der Waals surface area contributed by atoms with Gasteiger partial charge in [-0.15, -0.1) is 4.85 Å². The summed E-state index contributed by atoms with van der Waals surface area (Å²) < 4.78 is 5.49. The SMILES string of the molecule is CC(C)c1cccc(C(=O)Cl)c1COc1ccn(O)n1. The maximum absolute atomic E-state index is 11.5. The molecule has 0 atom stereocenters. The predicted octanol–water partition coefficient (Wildman–Crippen LogP) is 3.20. The molecular formula is C14H15ClN2O3. The van der Waals surface area contributed by atoms with Crippen LogP contribution in [0.25, 0.3) is 0 Å². The topological polar surface area (TPSA) is 64.3 Å². The molecule has 5 nitrogen and oxygen atoms in total. The molecule has 0 aliphatic carbocycles. The average molecular weight is 295 g/mol. The van der Waals surface area contributed by atoms with Crippen molar-refractivity contribution in [2.75, 3.05) is 0 Å². The van der Waals surface area contributed by atoms with Gasteiger partial charge in [-0.2, -0.15) is 0 Å². The second-order valence-electron chi connectivity index (χ2n) is 4.66. The van der Waals surface area contributed by atoms with E-state index in [2.05, 4.69) is 5.10 Å². The number of carbonyl (C=O) groups is 1. The van der Waals surface area contributed by atoms with Crippen molar-refractivity contribution >= 4 is 16.8 Å². The van der Waals surface area contributed by atoms with Gasteiger partial charge in [-0.1, -0.05) is 31.1 Å². The minimum atomic E-state index is -0.515. The summed E-state index contributed by atoms with van der Waals surface area (Å²) in [4.78, 5) is 12.2. The van der Waals surface area contributed by atoms with Gasteiger partial charge >= 0.3 is 0 Å². The first-order chi connectivity index (χ1) is 9.49. The molecule has 0 saturated heterocycles. The maximum atomic E-state index is 11.5. The molecule has 0 unspecified atom stereocenters. The third-order valence-corrected chi connectivity index (χ3v) is 3.17. The molecule has 0 spiro atoms. The van der Waals surface area contributed by atoms with Crippen molar-refractivity contribution in [2.24, 2.45) is 0 Å². The molecule has 0 radical (unpaired) electrons. The number of aromatic nitrogens is 2. The van der Waals surface area contributed by atoms with E-state index in [0.717, 1.165) is 11.1 Å². The van der Waals surface area contributed by atoms with Crippen LogP contribution in [0, 0.1) is 0 Å². The Morgan fingerprint density at radius 2 is 2.20 bits per heavy atom. The van der Waals surface area contributed by atoms with Crippen LogP contribution in [0.1, 0.15) is 41.3 Å². The van der Waals surface area contributed by atoms with E-state index in [9.17, 15) is 4.79 Å². The molecule has 0 aliphatic heterocycles. The Morgan fingerprint density at radius 1 is 1.45 bits per heavy atom. The van der Waals surface area contributed by atoms with Crippen molar-refractivity contribution < 1.29 is 14.7 Å². The number of hydrogen-bond donors (Lipinski definition) is 1. The highest BCUT2D eigenvalue weighted by Crippen LogP contribution is 2.25. The van der Waals surface area contributed by atoms with Crippen molar-refractivity contribution in [3.63, 3.8) is 0 Å². The third-order valence-electron chi connectivity index (χ3n) is 2.96. The Morgan fingerprint density at radius 3 is 2.75 bits per heavy atom. The van der Waals surface area contributed by atoms with Gasteiger partial charge in [-0.3, -0.25) is 4.79 Å². The maximum Gasteiger partial charge on any atom is 0.252 e. The molecule has 0 fully saturated rings. The second kappa shape index (κ2) is 5.96. The lowest BCUT2D eigenvalue weighted by atomic mass is 9.94. The quantitative estimate of drug-likeness (QED) is 0.679. The Hall–Kier alpha value is -2.01. The Bertz CT molecular complexity index is 623. The number of ether oxygens (including phenoxy) is 1. The van der Waals surface area contributed by atoms with E-state index in [1.54, 1.807) is 12.1 Å². The smallest absolute Gasteiger partial charge is 0.252 e. The van der Waals surface area contributed by atoms with E-state index >= 15 is 0 Å². The third kappa shape index (κ3) is 3.11.